The number of ether oxygens (including phenoxy) is 1. The van der Waals surface area contributed by atoms with Gasteiger partial charge in [-0.05, 0) is 37.9 Å². The number of hydrogen-bond donors (Lipinski definition) is 1. The number of furan rings is 1. The van der Waals surface area contributed by atoms with Crippen LogP contribution in [0.1, 0.15) is 30.1 Å². The first-order chi connectivity index (χ1) is 8.33. The van der Waals surface area contributed by atoms with Gasteiger partial charge in [0, 0.05) is 17.0 Å². The monoisotopic (exact) mass is 231 g/mol. The lowest BCUT2D eigenvalue weighted by Crippen LogP contribution is -2.05. The van der Waals surface area contributed by atoms with Gasteiger partial charge in [0.25, 0.3) is 0 Å². The molecule has 3 heteroatoms. The largest absolute Gasteiger partial charge is 0.497 e. The van der Waals surface area contributed by atoms with Crippen molar-refractivity contribution in [3.63, 3.8) is 0 Å². The van der Waals surface area contributed by atoms with Gasteiger partial charge in [0.15, 0.2) is 0 Å². The third-order valence-corrected chi connectivity index (χ3v) is 3.34. The smallest absolute Gasteiger partial charge is 0.138 e. The summed E-state index contributed by atoms with van der Waals surface area (Å²) in [7, 11) is 3.63. The molecule has 17 heavy (non-hydrogen) atoms. The molecule has 0 atom stereocenters. The van der Waals surface area contributed by atoms with Crippen LogP contribution < -0.4 is 10.1 Å². The maximum atomic E-state index is 5.94. The quantitative estimate of drug-likeness (QED) is 0.878. The highest BCUT2D eigenvalue weighted by Crippen LogP contribution is 2.46. The van der Waals surface area contributed by atoms with Crippen molar-refractivity contribution in [2.75, 3.05) is 14.2 Å². The van der Waals surface area contributed by atoms with Crippen LogP contribution in [0.3, 0.4) is 0 Å². The summed E-state index contributed by atoms with van der Waals surface area (Å²) >= 11 is 0. The fourth-order valence-corrected chi connectivity index (χ4v) is 2.39. The molecule has 3 rings (SSSR count). The van der Waals surface area contributed by atoms with E-state index in [0.717, 1.165) is 23.6 Å². The van der Waals surface area contributed by atoms with Crippen LogP contribution in [0.25, 0.3) is 11.0 Å². The molecule has 1 aromatic heterocycles. The number of nitrogens with one attached hydrogen (secondary N) is 1. The topological polar surface area (TPSA) is 34.4 Å². The Morgan fingerprint density at radius 1 is 1.41 bits per heavy atom. The fraction of sp³-hybridized carbons (Fsp3) is 0.429. The standard InChI is InChI=1S/C14H17NO2/c1-15-8-13-14(9-3-4-9)11-6-5-10(16-2)7-12(11)17-13/h5-7,9,15H,3-4,8H2,1-2H3. The summed E-state index contributed by atoms with van der Waals surface area (Å²) < 4.78 is 11.2. The minimum Gasteiger partial charge on any atom is -0.497 e. The van der Waals surface area contributed by atoms with Crippen molar-refractivity contribution in [3.8, 4) is 5.75 Å². The summed E-state index contributed by atoms with van der Waals surface area (Å²) in [6.45, 7) is 0.794. The average Bonchev–Trinajstić information content (AvgIpc) is 3.11. The van der Waals surface area contributed by atoms with Gasteiger partial charge in [0.05, 0.1) is 13.7 Å². The highest BCUT2D eigenvalue weighted by atomic mass is 16.5. The van der Waals surface area contributed by atoms with Crippen LogP contribution in [0.5, 0.6) is 5.75 Å². The second kappa shape index (κ2) is 4.08. The van der Waals surface area contributed by atoms with Crippen LogP contribution in [0, 0.1) is 0 Å². The SMILES string of the molecule is CNCc1oc2cc(OC)ccc2c1C1CC1. The van der Waals surface area contributed by atoms with Crippen LogP contribution >= 0.6 is 0 Å². The molecular weight excluding hydrogens is 214 g/mol. The van der Waals surface area contributed by atoms with Gasteiger partial charge in [-0.15, -0.1) is 0 Å². The molecule has 90 valence electrons. The number of rotatable bonds is 4. The predicted octanol–water partition coefficient (Wildman–Crippen LogP) is 3.04. The molecule has 1 aromatic carbocycles. The number of benzene rings is 1. The van der Waals surface area contributed by atoms with Crippen molar-refractivity contribution in [1.82, 2.24) is 5.32 Å². The number of methoxy groups -OCH3 is 1. The lowest BCUT2D eigenvalue weighted by Gasteiger charge is -2.00. The van der Waals surface area contributed by atoms with Crippen molar-refractivity contribution in [1.29, 1.82) is 0 Å². The van der Waals surface area contributed by atoms with Crippen LogP contribution in [0.4, 0.5) is 0 Å². The van der Waals surface area contributed by atoms with Gasteiger partial charge in [-0.1, -0.05) is 0 Å². The van der Waals surface area contributed by atoms with E-state index in [1.54, 1.807) is 7.11 Å². The van der Waals surface area contributed by atoms with E-state index in [9.17, 15) is 0 Å². The van der Waals surface area contributed by atoms with E-state index in [2.05, 4.69) is 11.4 Å². The van der Waals surface area contributed by atoms with E-state index in [-0.39, 0.29) is 0 Å². The predicted molar refractivity (Wildman–Crippen MR) is 67.5 cm³/mol. The Labute approximate surface area is 101 Å². The average molecular weight is 231 g/mol. The van der Waals surface area contributed by atoms with Gasteiger partial charge in [-0.2, -0.15) is 0 Å². The van der Waals surface area contributed by atoms with E-state index >= 15 is 0 Å². The molecule has 1 aliphatic carbocycles. The molecule has 1 aliphatic rings. The minimum atomic E-state index is 0.702. The molecule has 1 saturated carbocycles. The van der Waals surface area contributed by atoms with Gasteiger partial charge in [-0.3, -0.25) is 0 Å². The Kier molecular flexibility index (Phi) is 2.56. The molecule has 0 amide bonds. The molecule has 1 fully saturated rings. The fourth-order valence-electron chi connectivity index (χ4n) is 2.39. The lowest BCUT2D eigenvalue weighted by atomic mass is 10.1. The molecule has 1 N–H and O–H groups in total. The van der Waals surface area contributed by atoms with E-state index in [1.807, 2.05) is 19.2 Å². The van der Waals surface area contributed by atoms with E-state index in [1.165, 1.54) is 23.8 Å². The number of fused-ring (bicyclic) bond motifs is 1. The first-order valence-corrected chi connectivity index (χ1v) is 6.07. The van der Waals surface area contributed by atoms with Crippen LogP contribution in [0.15, 0.2) is 22.6 Å². The Hall–Kier alpha value is -1.48. The van der Waals surface area contributed by atoms with Gasteiger partial charge >= 0.3 is 0 Å². The van der Waals surface area contributed by atoms with Crippen molar-refractivity contribution in [2.24, 2.45) is 0 Å². The Balaban J connectivity index is 2.15. The first-order valence-electron chi connectivity index (χ1n) is 6.07. The molecular formula is C14H17NO2. The van der Waals surface area contributed by atoms with Gasteiger partial charge in [0.2, 0.25) is 0 Å². The second-order valence-corrected chi connectivity index (χ2v) is 4.61. The zero-order chi connectivity index (χ0) is 11.8. The molecule has 0 radical (unpaired) electrons. The van der Waals surface area contributed by atoms with E-state index in [0.29, 0.717) is 5.92 Å². The maximum absolute atomic E-state index is 5.94. The molecule has 0 bridgehead atoms. The van der Waals surface area contributed by atoms with Crippen molar-refractivity contribution in [2.45, 2.75) is 25.3 Å². The molecule has 2 aromatic rings. The van der Waals surface area contributed by atoms with Crippen LogP contribution in [-0.2, 0) is 6.54 Å². The summed E-state index contributed by atoms with van der Waals surface area (Å²) in [4.78, 5) is 0. The summed E-state index contributed by atoms with van der Waals surface area (Å²) in [5.74, 6) is 2.64. The molecule has 0 unspecified atom stereocenters. The van der Waals surface area contributed by atoms with Gasteiger partial charge in [-0.25, -0.2) is 0 Å². The maximum Gasteiger partial charge on any atom is 0.138 e. The third kappa shape index (κ3) is 1.80. The lowest BCUT2D eigenvalue weighted by molar-refractivity contribution is 0.414. The van der Waals surface area contributed by atoms with Crippen LogP contribution in [0.2, 0.25) is 0 Å². The molecule has 3 nitrogen and oxygen atoms in total. The molecule has 0 aliphatic heterocycles. The molecule has 0 spiro atoms. The minimum absolute atomic E-state index is 0.702. The zero-order valence-corrected chi connectivity index (χ0v) is 10.2. The summed E-state index contributed by atoms with van der Waals surface area (Å²) in [6.07, 6.45) is 2.58. The highest BCUT2D eigenvalue weighted by molar-refractivity contribution is 5.84. The van der Waals surface area contributed by atoms with E-state index in [4.69, 9.17) is 9.15 Å². The first kappa shape index (κ1) is 10.7. The summed E-state index contributed by atoms with van der Waals surface area (Å²) in [5.41, 5.74) is 2.34. The zero-order valence-electron chi connectivity index (χ0n) is 10.2. The van der Waals surface area contributed by atoms with Crippen molar-refractivity contribution in [3.05, 3.63) is 29.5 Å². The Morgan fingerprint density at radius 2 is 2.24 bits per heavy atom. The van der Waals surface area contributed by atoms with Gasteiger partial charge in [0.1, 0.15) is 17.1 Å². The summed E-state index contributed by atoms with van der Waals surface area (Å²) in [6, 6.07) is 6.09. The summed E-state index contributed by atoms with van der Waals surface area (Å²) in [5, 5.41) is 4.42. The normalized spacial score (nSPS) is 15.4. The van der Waals surface area contributed by atoms with Crippen molar-refractivity contribution >= 4 is 11.0 Å². The Morgan fingerprint density at radius 3 is 2.88 bits per heavy atom. The number of hydrogen-bond acceptors (Lipinski definition) is 3. The third-order valence-electron chi connectivity index (χ3n) is 3.34. The molecule has 0 saturated heterocycles. The highest BCUT2D eigenvalue weighted by Gasteiger charge is 2.30. The van der Waals surface area contributed by atoms with Crippen molar-refractivity contribution < 1.29 is 9.15 Å². The van der Waals surface area contributed by atoms with Crippen LogP contribution in [-0.4, -0.2) is 14.2 Å². The van der Waals surface area contributed by atoms with E-state index < -0.39 is 0 Å². The van der Waals surface area contributed by atoms with Gasteiger partial charge < -0.3 is 14.5 Å². The second-order valence-electron chi connectivity index (χ2n) is 4.61. The Bertz CT molecular complexity index is 540. The molecule has 1 heterocycles.